The molecule has 3 heterocycles. The van der Waals surface area contributed by atoms with Crippen molar-refractivity contribution in [3.05, 3.63) is 47.3 Å². The molecule has 4 rings (SSSR count). The van der Waals surface area contributed by atoms with E-state index in [9.17, 15) is 22.4 Å². The highest BCUT2D eigenvalue weighted by atomic mass is 19.4. The molecule has 0 aliphatic carbocycles. The van der Waals surface area contributed by atoms with Crippen LogP contribution in [0.1, 0.15) is 55.1 Å². The number of nitrogens with zero attached hydrogens (tertiary/aromatic N) is 4. The molecule has 1 aromatic heterocycles. The van der Waals surface area contributed by atoms with Gasteiger partial charge in [-0.25, -0.2) is 9.18 Å². The largest absolute Gasteiger partial charge is 0.490 e. The minimum Gasteiger partial charge on any atom is -0.475 e. The van der Waals surface area contributed by atoms with Crippen molar-refractivity contribution >= 4 is 11.9 Å². The van der Waals surface area contributed by atoms with Crippen molar-refractivity contribution in [2.75, 3.05) is 19.7 Å². The highest BCUT2D eigenvalue weighted by molar-refractivity contribution is 5.90. The lowest BCUT2D eigenvalue weighted by atomic mass is 9.78. The second-order valence-corrected chi connectivity index (χ2v) is 9.51. The topological polar surface area (TPSA) is 110 Å². The van der Waals surface area contributed by atoms with Crippen LogP contribution in [0.2, 0.25) is 0 Å². The molecular weight excluding hydrogens is 498 g/mol. The van der Waals surface area contributed by atoms with E-state index in [1.54, 1.807) is 0 Å². The molecule has 2 aliphatic rings. The van der Waals surface area contributed by atoms with Gasteiger partial charge in [-0.1, -0.05) is 19.1 Å². The van der Waals surface area contributed by atoms with Crippen molar-refractivity contribution in [3.63, 3.8) is 0 Å². The van der Waals surface area contributed by atoms with Gasteiger partial charge in [0.2, 0.25) is 5.82 Å². The molecule has 2 aliphatic heterocycles. The normalized spacial score (nSPS) is 18.2. The van der Waals surface area contributed by atoms with Gasteiger partial charge in [0, 0.05) is 24.5 Å². The Bertz CT molecular complexity index is 1070. The van der Waals surface area contributed by atoms with E-state index in [-0.39, 0.29) is 23.2 Å². The van der Waals surface area contributed by atoms with E-state index in [0.717, 1.165) is 50.3 Å². The molecule has 1 unspecified atom stereocenters. The summed E-state index contributed by atoms with van der Waals surface area (Å²) in [6.45, 7) is 8.45. The first-order chi connectivity index (χ1) is 17.4. The smallest absolute Gasteiger partial charge is 0.475 e. The predicted octanol–water partition coefficient (Wildman–Crippen LogP) is 3.39. The summed E-state index contributed by atoms with van der Waals surface area (Å²) in [5.74, 6) is -2.04. The average molecular weight is 530 g/mol. The first kappa shape index (κ1) is 28.5. The monoisotopic (exact) mass is 529 g/mol. The lowest BCUT2D eigenvalue weighted by Crippen LogP contribution is -2.44. The number of ether oxygens (including phenoxy) is 1. The summed E-state index contributed by atoms with van der Waals surface area (Å²) in [6.07, 6.45) is -2.28. The van der Waals surface area contributed by atoms with E-state index in [2.05, 4.69) is 20.4 Å². The first-order valence-corrected chi connectivity index (χ1v) is 12.0. The first-order valence-electron chi connectivity index (χ1n) is 12.0. The second-order valence-electron chi connectivity index (χ2n) is 9.51. The van der Waals surface area contributed by atoms with Crippen molar-refractivity contribution in [3.8, 4) is 0 Å². The number of hydrogen-bond donors (Lipinski definition) is 2. The number of fused-ring (bicyclic) bond motifs is 1. The molecule has 0 radical (unpaired) electrons. The zero-order valence-corrected chi connectivity index (χ0v) is 20.7. The summed E-state index contributed by atoms with van der Waals surface area (Å²) in [5.41, 5.74) is 1.09. The molecule has 1 amide bonds. The van der Waals surface area contributed by atoms with Crippen LogP contribution in [-0.4, -0.2) is 68.6 Å². The number of carboxylic acids is 1. The summed E-state index contributed by atoms with van der Waals surface area (Å²) in [4.78, 5) is 24.0. The fourth-order valence-electron chi connectivity index (χ4n) is 4.24. The second kappa shape index (κ2) is 12.0. The third-order valence-corrected chi connectivity index (χ3v) is 6.63. The van der Waals surface area contributed by atoms with E-state index in [1.165, 1.54) is 12.1 Å². The number of piperidine rings is 1. The number of benzene rings is 1. The van der Waals surface area contributed by atoms with E-state index in [0.29, 0.717) is 25.6 Å². The van der Waals surface area contributed by atoms with E-state index < -0.39 is 12.1 Å². The average Bonchev–Trinajstić information content (AvgIpc) is 3.15. The van der Waals surface area contributed by atoms with Gasteiger partial charge in [-0.05, 0) is 57.0 Å². The quantitative estimate of drug-likeness (QED) is 0.572. The minimum absolute atomic E-state index is 0.0294. The Balaban J connectivity index is 0.000000479. The third kappa shape index (κ3) is 7.71. The molecule has 13 heteroatoms. The van der Waals surface area contributed by atoms with Crippen molar-refractivity contribution in [1.29, 1.82) is 0 Å². The van der Waals surface area contributed by atoms with Crippen molar-refractivity contribution in [1.82, 2.24) is 25.0 Å². The van der Waals surface area contributed by atoms with Gasteiger partial charge in [-0.15, -0.1) is 10.2 Å². The molecule has 2 N–H and O–H groups in total. The lowest BCUT2D eigenvalue weighted by Gasteiger charge is -2.41. The maximum Gasteiger partial charge on any atom is 0.490 e. The number of hydrogen-bond acceptors (Lipinski definition) is 6. The summed E-state index contributed by atoms with van der Waals surface area (Å²) in [7, 11) is 0. The number of carbonyl (C=O) groups is 2. The molecule has 0 saturated carbocycles. The summed E-state index contributed by atoms with van der Waals surface area (Å²) >= 11 is 0. The summed E-state index contributed by atoms with van der Waals surface area (Å²) in [6, 6.07) is 6.81. The van der Waals surface area contributed by atoms with Crippen LogP contribution in [-0.2, 0) is 29.2 Å². The number of carboxylic acid groups (broad SMARTS) is 1. The molecule has 1 atom stereocenters. The third-order valence-electron chi connectivity index (χ3n) is 6.63. The van der Waals surface area contributed by atoms with E-state index >= 15 is 0 Å². The highest BCUT2D eigenvalue weighted by Crippen LogP contribution is 2.36. The molecule has 1 spiro atoms. The Kier molecular flexibility index (Phi) is 9.24. The molecular formula is C24H31F4N5O4. The Morgan fingerprint density at radius 1 is 1.19 bits per heavy atom. The Morgan fingerprint density at radius 2 is 1.81 bits per heavy atom. The molecule has 1 aromatic carbocycles. The van der Waals surface area contributed by atoms with Crippen molar-refractivity contribution in [2.24, 2.45) is 5.41 Å². The molecule has 1 saturated heterocycles. The molecule has 37 heavy (non-hydrogen) atoms. The fourth-order valence-corrected chi connectivity index (χ4v) is 4.24. The Labute approximate surface area is 211 Å². The summed E-state index contributed by atoms with van der Waals surface area (Å²) in [5, 5.41) is 18.5. The minimum atomic E-state index is -5.08. The van der Waals surface area contributed by atoms with Gasteiger partial charge in [0.15, 0.2) is 5.82 Å². The van der Waals surface area contributed by atoms with Gasteiger partial charge >= 0.3 is 12.1 Å². The number of rotatable bonds is 5. The van der Waals surface area contributed by atoms with Crippen LogP contribution in [0.15, 0.2) is 24.3 Å². The molecule has 204 valence electrons. The van der Waals surface area contributed by atoms with Crippen LogP contribution < -0.4 is 5.32 Å². The van der Waals surface area contributed by atoms with Gasteiger partial charge in [0.05, 0.1) is 6.61 Å². The number of aliphatic carboxylic acids is 1. The van der Waals surface area contributed by atoms with Crippen LogP contribution >= 0.6 is 0 Å². The van der Waals surface area contributed by atoms with Gasteiger partial charge in [0.1, 0.15) is 12.4 Å². The molecule has 2 aromatic rings. The van der Waals surface area contributed by atoms with Crippen LogP contribution in [0.5, 0.6) is 0 Å². The van der Waals surface area contributed by atoms with Crippen molar-refractivity contribution < 1.29 is 37.0 Å². The Hall–Kier alpha value is -3.06. The van der Waals surface area contributed by atoms with Crippen LogP contribution in [0.4, 0.5) is 17.6 Å². The number of carbonyl (C=O) groups excluding carboxylic acids is 1. The maximum atomic E-state index is 13.1. The van der Waals surface area contributed by atoms with Gasteiger partial charge in [-0.2, -0.15) is 13.2 Å². The SMILES string of the molecule is CCC(C)NC(=O)c1nnc2n1CC1(CCN(Cc3ccc(F)cc3)CC1)COC2.O=C(O)C(F)(F)F. The van der Waals surface area contributed by atoms with Gasteiger partial charge in [0.25, 0.3) is 5.91 Å². The number of aromatic nitrogens is 3. The van der Waals surface area contributed by atoms with Crippen LogP contribution in [0.25, 0.3) is 0 Å². The number of amides is 1. The van der Waals surface area contributed by atoms with Gasteiger partial charge in [-0.3, -0.25) is 9.69 Å². The lowest BCUT2D eigenvalue weighted by molar-refractivity contribution is -0.192. The number of alkyl halides is 3. The van der Waals surface area contributed by atoms with E-state index in [4.69, 9.17) is 14.6 Å². The van der Waals surface area contributed by atoms with Crippen molar-refractivity contribution in [2.45, 2.75) is 65.0 Å². The van der Waals surface area contributed by atoms with Crippen LogP contribution in [0.3, 0.4) is 0 Å². The molecule has 9 nitrogen and oxygen atoms in total. The zero-order valence-electron chi connectivity index (χ0n) is 20.7. The fraction of sp³-hybridized carbons (Fsp3) is 0.583. The van der Waals surface area contributed by atoms with E-state index in [1.807, 2.05) is 30.5 Å². The number of nitrogens with one attached hydrogen (secondary N) is 1. The standard InChI is InChI=1S/C22H30FN5O2.C2HF3O2/c1-3-16(2)24-21(29)20-26-25-19-13-30-15-22(14-28(19)20)8-10-27(11-9-22)12-17-4-6-18(23)7-5-17;3-2(4,5)1(6)7/h4-7,16H,3,8-15H2,1-2H3,(H,24,29);(H,6,7). The number of likely N-dealkylation sites (tertiary alicyclic amines) is 1. The van der Waals surface area contributed by atoms with Gasteiger partial charge < -0.3 is 19.7 Å². The summed E-state index contributed by atoms with van der Waals surface area (Å²) < 4.78 is 52.8. The molecule has 1 fully saturated rings. The number of halogens is 4. The predicted molar refractivity (Wildman–Crippen MR) is 124 cm³/mol. The highest BCUT2D eigenvalue weighted by Gasteiger charge is 2.39. The Morgan fingerprint density at radius 3 is 2.38 bits per heavy atom. The zero-order chi connectivity index (χ0) is 27.2. The maximum absolute atomic E-state index is 13.1. The van der Waals surface area contributed by atoms with Crippen LogP contribution in [0, 0.1) is 11.2 Å². The molecule has 0 bridgehead atoms.